The number of hydrogen-bond acceptors (Lipinski definition) is 4. The normalized spacial score (nSPS) is 23.8. The lowest BCUT2D eigenvalue weighted by molar-refractivity contribution is -0.121. The number of rotatable bonds is 8. The summed E-state index contributed by atoms with van der Waals surface area (Å²) in [5.41, 5.74) is 2.45. The maximum Gasteiger partial charge on any atom is 0.0969 e. The summed E-state index contributed by atoms with van der Waals surface area (Å²) in [5.74, 6) is -0.152. The molecule has 0 aliphatic carbocycles. The molecule has 140 valence electrons. The van der Waals surface area contributed by atoms with Crippen LogP contribution in [0.2, 0.25) is 0 Å². The fourth-order valence-corrected chi connectivity index (χ4v) is 3.61. The Morgan fingerprint density at radius 3 is 2.23 bits per heavy atom. The van der Waals surface area contributed by atoms with Crippen molar-refractivity contribution >= 4 is 0 Å². The molecule has 2 aromatic rings. The molecule has 0 bridgehead atoms. The molecule has 3 rings (SSSR count). The minimum atomic E-state index is -0.617. The molecule has 1 heterocycles. The predicted octanol–water partition coefficient (Wildman–Crippen LogP) is 2.49. The molecular weight excluding hydrogens is 326 g/mol. The zero-order chi connectivity index (χ0) is 18.2. The van der Waals surface area contributed by atoms with E-state index in [1.165, 1.54) is 5.56 Å². The SMILES string of the molecule is OC[C@H]1CN(CCCc2ccccc2)C[C@@H](OCc2ccccc2)[C@@H]1O. The highest BCUT2D eigenvalue weighted by Gasteiger charge is 2.35. The Labute approximate surface area is 156 Å². The van der Waals surface area contributed by atoms with E-state index in [1.54, 1.807) is 0 Å². The Balaban J connectivity index is 1.51. The van der Waals surface area contributed by atoms with Gasteiger partial charge < -0.3 is 19.8 Å². The van der Waals surface area contributed by atoms with Crippen LogP contribution in [0.5, 0.6) is 0 Å². The third-order valence-electron chi connectivity index (χ3n) is 5.12. The molecule has 0 unspecified atom stereocenters. The van der Waals surface area contributed by atoms with Crippen molar-refractivity contribution in [2.24, 2.45) is 5.92 Å². The predicted molar refractivity (Wildman–Crippen MR) is 103 cm³/mol. The molecule has 0 aromatic heterocycles. The van der Waals surface area contributed by atoms with Crippen LogP contribution in [-0.2, 0) is 17.8 Å². The lowest BCUT2D eigenvalue weighted by atomic mass is 9.92. The number of ether oxygens (including phenoxy) is 1. The van der Waals surface area contributed by atoms with Gasteiger partial charge in [-0.2, -0.15) is 0 Å². The summed E-state index contributed by atoms with van der Waals surface area (Å²) in [6.07, 6.45) is 1.22. The summed E-state index contributed by atoms with van der Waals surface area (Å²) in [5, 5.41) is 20.2. The van der Waals surface area contributed by atoms with Gasteiger partial charge in [0, 0.05) is 25.6 Å². The van der Waals surface area contributed by atoms with Crippen molar-refractivity contribution in [2.75, 3.05) is 26.2 Å². The lowest BCUT2D eigenvalue weighted by Crippen LogP contribution is -2.54. The van der Waals surface area contributed by atoms with Crippen LogP contribution in [0.15, 0.2) is 60.7 Å². The van der Waals surface area contributed by atoms with Gasteiger partial charge in [0.2, 0.25) is 0 Å². The molecular formula is C22H29NO3. The van der Waals surface area contributed by atoms with Crippen LogP contribution in [-0.4, -0.2) is 53.6 Å². The van der Waals surface area contributed by atoms with Crippen molar-refractivity contribution in [3.8, 4) is 0 Å². The van der Waals surface area contributed by atoms with E-state index in [4.69, 9.17) is 4.74 Å². The van der Waals surface area contributed by atoms with Gasteiger partial charge in [-0.25, -0.2) is 0 Å². The molecule has 1 aliphatic heterocycles. The van der Waals surface area contributed by atoms with E-state index in [-0.39, 0.29) is 18.6 Å². The van der Waals surface area contributed by atoms with Crippen LogP contribution in [0.1, 0.15) is 17.5 Å². The summed E-state index contributed by atoms with van der Waals surface area (Å²) < 4.78 is 6.01. The smallest absolute Gasteiger partial charge is 0.0969 e. The fraction of sp³-hybridized carbons (Fsp3) is 0.455. The largest absolute Gasteiger partial charge is 0.396 e. The first-order chi connectivity index (χ1) is 12.8. The highest BCUT2D eigenvalue weighted by molar-refractivity contribution is 5.15. The molecule has 1 fully saturated rings. The molecule has 3 atom stereocenters. The van der Waals surface area contributed by atoms with Gasteiger partial charge >= 0.3 is 0 Å². The molecule has 1 aliphatic rings. The molecule has 1 saturated heterocycles. The zero-order valence-electron chi connectivity index (χ0n) is 15.2. The van der Waals surface area contributed by atoms with E-state index >= 15 is 0 Å². The molecule has 0 saturated carbocycles. The molecule has 4 heteroatoms. The second-order valence-corrected chi connectivity index (χ2v) is 7.12. The fourth-order valence-electron chi connectivity index (χ4n) is 3.61. The first-order valence-electron chi connectivity index (χ1n) is 9.47. The monoisotopic (exact) mass is 355 g/mol. The molecule has 0 spiro atoms. The summed E-state index contributed by atoms with van der Waals surface area (Å²) in [4.78, 5) is 2.31. The van der Waals surface area contributed by atoms with Gasteiger partial charge in [-0.05, 0) is 30.5 Å². The number of likely N-dealkylation sites (tertiary alicyclic amines) is 1. The summed E-state index contributed by atoms with van der Waals surface area (Å²) in [6.45, 7) is 2.85. The quantitative estimate of drug-likeness (QED) is 0.764. The number of aliphatic hydroxyl groups is 2. The lowest BCUT2D eigenvalue weighted by Gasteiger charge is -2.40. The Hall–Kier alpha value is -1.72. The Kier molecular flexibility index (Phi) is 7.21. The number of benzene rings is 2. The van der Waals surface area contributed by atoms with Crippen LogP contribution < -0.4 is 0 Å². The number of nitrogens with zero attached hydrogens (tertiary/aromatic N) is 1. The van der Waals surface area contributed by atoms with Crippen molar-refractivity contribution in [3.63, 3.8) is 0 Å². The van der Waals surface area contributed by atoms with Crippen LogP contribution in [0, 0.1) is 5.92 Å². The van der Waals surface area contributed by atoms with Gasteiger partial charge in [-0.3, -0.25) is 0 Å². The molecule has 0 amide bonds. The van der Waals surface area contributed by atoms with Crippen LogP contribution in [0.4, 0.5) is 0 Å². The van der Waals surface area contributed by atoms with E-state index in [0.717, 1.165) is 31.5 Å². The minimum absolute atomic E-state index is 0.0124. The average Bonchev–Trinajstić information content (AvgIpc) is 2.69. The maximum absolute atomic E-state index is 10.5. The molecule has 0 radical (unpaired) electrons. The standard InChI is InChI=1S/C22H29NO3/c24-16-20-14-23(13-7-12-18-8-3-1-4-9-18)15-21(22(20)25)26-17-19-10-5-2-6-11-19/h1-6,8-11,20-22,24-25H,7,12-17H2/t20-,21-,22-/m1/s1. The first-order valence-corrected chi connectivity index (χ1v) is 9.47. The Morgan fingerprint density at radius 1 is 0.923 bits per heavy atom. The van der Waals surface area contributed by atoms with E-state index < -0.39 is 6.10 Å². The highest BCUT2D eigenvalue weighted by atomic mass is 16.5. The van der Waals surface area contributed by atoms with Crippen molar-refractivity contribution in [1.82, 2.24) is 4.90 Å². The van der Waals surface area contributed by atoms with Crippen molar-refractivity contribution in [3.05, 3.63) is 71.8 Å². The number of piperidine rings is 1. The van der Waals surface area contributed by atoms with Crippen molar-refractivity contribution < 1.29 is 14.9 Å². The first kappa shape index (κ1) is 19.1. The van der Waals surface area contributed by atoms with E-state index in [1.807, 2.05) is 36.4 Å². The van der Waals surface area contributed by atoms with Crippen LogP contribution in [0.3, 0.4) is 0 Å². The van der Waals surface area contributed by atoms with Gasteiger partial charge in [-0.1, -0.05) is 60.7 Å². The number of hydrogen-bond donors (Lipinski definition) is 2. The van der Waals surface area contributed by atoms with Gasteiger partial charge in [0.05, 0.1) is 18.8 Å². The second-order valence-electron chi connectivity index (χ2n) is 7.12. The van der Waals surface area contributed by atoms with Crippen LogP contribution >= 0.6 is 0 Å². The molecule has 4 nitrogen and oxygen atoms in total. The zero-order valence-corrected chi connectivity index (χ0v) is 15.2. The molecule has 2 aromatic carbocycles. The molecule has 26 heavy (non-hydrogen) atoms. The summed E-state index contributed by atoms with van der Waals surface area (Å²) in [7, 11) is 0. The third kappa shape index (κ3) is 5.39. The van der Waals surface area contributed by atoms with Gasteiger partial charge in [0.15, 0.2) is 0 Å². The maximum atomic E-state index is 10.5. The van der Waals surface area contributed by atoms with Gasteiger partial charge in [0.1, 0.15) is 0 Å². The van der Waals surface area contributed by atoms with E-state index in [0.29, 0.717) is 13.2 Å². The van der Waals surface area contributed by atoms with Gasteiger partial charge in [0.25, 0.3) is 0 Å². The topological polar surface area (TPSA) is 52.9 Å². The molecule has 2 N–H and O–H groups in total. The second kappa shape index (κ2) is 9.83. The highest BCUT2D eigenvalue weighted by Crippen LogP contribution is 2.21. The average molecular weight is 355 g/mol. The Bertz CT molecular complexity index is 634. The van der Waals surface area contributed by atoms with Crippen molar-refractivity contribution in [1.29, 1.82) is 0 Å². The van der Waals surface area contributed by atoms with E-state index in [2.05, 4.69) is 29.2 Å². The number of aliphatic hydroxyl groups excluding tert-OH is 2. The number of aryl methyl sites for hydroxylation is 1. The van der Waals surface area contributed by atoms with Crippen molar-refractivity contribution in [2.45, 2.75) is 31.7 Å². The summed E-state index contributed by atoms with van der Waals surface area (Å²) in [6, 6.07) is 20.5. The van der Waals surface area contributed by atoms with Crippen LogP contribution in [0.25, 0.3) is 0 Å². The minimum Gasteiger partial charge on any atom is -0.396 e. The van der Waals surface area contributed by atoms with E-state index in [9.17, 15) is 10.2 Å². The Morgan fingerprint density at radius 2 is 1.58 bits per heavy atom. The van der Waals surface area contributed by atoms with Gasteiger partial charge in [-0.15, -0.1) is 0 Å². The summed E-state index contributed by atoms with van der Waals surface area (Å²) >= 11 is 0. The third-order valence-corrected chi connectivity index (χ3v) is 5.12.